The van der Waals surface area contributed by atoms with Crippen molar-refractivity contribution in [1.82, 2.24) is 14.5 Å². The Labute approximate surface area is 210 Å². The molecule has 192 valence electrons. The van der Waals surface area contributed by atoms with Crippen LogP contribution < -0.4 is 5.32 Å². The van der Waals surface area contributed by atoms with E-state index in [0.717, 1.165) is 11.1 Å². The van der Waals surface area contributed by atoms with Gasteiger partial charge in [0.15, 0.2) is 0 Å². The first kappa shape index (κ1) is 28.5. The number of amides is 2. The van der Waals surface area contributed by atoms with Gasteiger partial charge in [0.05, 0.1) is 4.90 Å². The Morgan fingerprint density at radius 2 is 1.60 bits per heavy atom. The predicted octanol–water partition coefficient (Wildman–Crippen LogP) is 4.12. The third kappa shape index (κ3) is 8.47. The number of nitrogens with zero attached hydrogens (tertiary/aromatic N) is 2. The van der Waals surface area contributed by atoms with Crippen LogP contribution >= 0.6 is 0 Å². The normalized spacial score (nSPS) is 12.9. The lowest BCUT2D eigenvalue weighted by atomic mass is 10.0. The van der Waals surface area contributed by atoms with Crippen LogP contribution in [0.4, 0.5) is 0 Å². The Morgan fingerprint density at radius 1 is 1.00 bits per heavy atom. The molecule has 0 fully saturated rings. The molecule has 35 heavy (non-hydrogen) atoms. The fourth-order valence-electron chi connectivity index (χ4n) is 3.75. The lowest BCUT2D eigenvalue weighted by Crippen LogP contribution is -2.53. The number of hydrogen-bond donors (Lipinski definition) is 1. The monoisotopic (exact) mass is 501 g/mol. The summed E-state index contributed by atoms with van der Waals surface area (Å²) in [6.07, 6.45) is 0.963. The Hall–Kier alpha value is -2.71. The van der Waals surface area contributed by atoms with E-state index >= 15 is 0 Å². The second kappa shape index (κ2) is 12.3. The van der Waals surface area contributed by atoms with Gasteiger partial charge in [-0.05, 0) is 58.2 Å². The van der Waals surface area contributed by atoms with E-state index in [0.29, 0.717) is 19.4 Å². The lowest BCUT2D eigenvalue weighted by molar-refractivity contribution is -0.142. The van der Waals surface area contributed by atoms with Crippen molar-refractivity contribution in [2.45, 2.75) is 76.9 Å². The average molecular weight is 502 g/mol. The minimum absolute atomic E-state index is 0.139. The fourth-order valence-corrected chi connectivity index (χ4v) is 4.98. The van der Waals surface area contributed by atoms with Gasteiger partial charge < -0.3 is 10.2 Å². The van der Waals surface area contributed by atoms with Gasteiger partial charge in [-0.15, -0.1) is 0 Å². The molecule has 0 bridgehead atoms. The van der Waals surface area contributed by atoms with E-state index in [1.54, 1.807) is 35.2 Å². The molecule has 7 nitrogen and oxygen atoms in total. The summed E-state index contributed by atoms with van der Waals surface area (Å²) in [5.74, 6) is -0.365. The van der Waals surface area contributed by atoms with Crippen molar-refractivity contribution in [3.05, 3.63) is 65.7 Å². The molecule has 1 N–H and O–H groups in total. The van der Waals surface area contributed by atoms with Crippen molar-refractivity contribution < 1.29 is 18.0 Å². The third-order valence-electron chi connectivity index (χ3n) is 5.67. The van der Waals surface area contributed by atoms with Crippen molar-refractivity contribution >= 4 is 21.8 Å². The van der Waals surface area contributed by atoms with Gasteiger partial charge in [-0.25, -0.2) is 12.7 Å². The highest BCUT2D eigenvalue weighted by Gasteiger charge is 2.30. The van der Waals surface area contributed by atoms with E-state index in [1.165, 1.54) is 11.4 Å². The maximum absolute atomic E-state index is 13.4. The smallest absolute Gasteiger partial charge is 0.243 e. The van der Waals surface area contributed by atoms with Gasteiger partial charge in [0.25, 0.3) is 0 Å². The van der Waals surface area contributed by atoms with E-state index in [-0.39, 0.29) is 29.7 Å². The molecule has 0 heterocycles. The van der Waals surface area contributed by atoms with Gasteiger partial charge in [0, 0.05) is 32.1 Å². The Kier molecular flexibility index (Phi) is 10.0. The maximum Gasteiger partial charge on any atom is 0.243 e. The number of hydrogen-bond acceptors (Lipinski definition) is 4. The van der Waals surface area contributed by atoms with Crippen molar-refractivity contribution in [1.29, 1.82) is 0 Å². The van der Waals surface area contributed by atoms with Crippen LogP contribution in [0.15, 0.2) is 59.5 Å². The lowest BCUT2D eigenvalue weighted by Gasteiger charge is -2.33. The summed E-state index contributed by atoms with van der Waals surface area (Å²) in [6.45, 7) is 10.1. The van der Waals surface area contributed by atoms with E-state index in [2.05, 4.69) is 5.32 Å². The highest BCUT2D eigenvalue weighted by Crippen LogP contribution is 2.18. The molecule has 0 radical (unpaired) electrons. The van der Waals surface area contributed by atoms with Crippen LogP contribution in [-0.2, 0) is 26.2 Å². The summed E-state index contributed by atoms with van der Waals surface area (Å²) >= 11 is 0. The molecule has 0 aliphatic carbocycles. The number of aryl methyl sites for hydroxylation is 1. The Bertz CT molecular complexity index is 1080. The van der Waals surface area contributed by atoms with Crippen LogP contribution in [-0.4, -0.2) is 54.6 Å². The van der Waals surface area contributed by atoms with Crippen LogP contribution in [0.1, 0.15) is 58.1 Å². The Morgan fingerprint density at radius 3 is 2.14 bits per heavy atom. The predicted molar refractivity (Wildman–Crippen MR) is 139 cm³/mol. The van der Waals surface area contributed by atoms with Crippen molar-refractivity contribution in [2.75, 3.05) is 13.6 Å². The molecular formula is C27H39N3O4S. The number of nitrogens with one attached hydrogen (secondary N) is 1. The molecule has 0 saturated carbocycles. The molecule has 0 spiro atoms. The fraction of sp³-hybridized carbons (Fsp3) is 0.481. The van der Waals surface area contributed by atoms with Crippen LogP contribution in [0.2, 0.25) is 0 Å². The summed E-state index contributed by atoms with van der Waals surface area (Å²) < 4.78 is 26.8. The summed E-state index contributed by atoms with van der Waals surface area (Å²) in [5.41, 5.74) is 1.64. The molecule has 2 aromatic rings. The second-order valence-corrected chi connectivity index (χ2v) is 12.0. The first-order valence-corrected chi connectivity index (χ1v) is 13.5. The topological polar surface area (TPSA) is 86.8 Å². The average Bonchev–Trinajstić information content (AvgIpc) is 2.79. The summed E-state index contributed by atoms with van der Waals surface area (Å²) in [6, 6.07) is 15.5. The van der Waals surface area contributed by atoms with E-state index in [1.807, 2.05) is 58.9 Å². The summed E-state index contributed by atoms with van der Waals surface area (Å²) in [5, 5.41) is 2.99. The van der Waals surface area contributed by atoms with E-state index in [4.69, 9.17) is 0 Å². The molecule has 0 unspecified atom stereocenters. The SMILES string of the molecule is CC[C@H](C(=O)NC(C)(C)C)N(Cc1ccc(C)cc1)C(=O)CCCN(C)S(=O)(=O)c1ccccc1. The minimum Gasteiger partial charge on any atom is -0.350 e. The summed E-state index contributed by atoms with van der Waals surface area (Å²) in [7, 11) is -2.10. The largest absolute Gasteiger partial charge is 0.350 e. The number of carbonyl (C=O) groups is 2. The molecule has 8 heteroatoms. The van der Waals surface area contributed by atoms with Gasteiger partial charge in [-0.2, -0.15) is 0 Å². The van der Waals surface area contributed by atoms with Crippen LogP contribution in [0.3, 0.4) is 0 Å². The zero-order chi connectivity index (χ0) is 26.2. The van der Waals surface area contributed by atoms with Gasteiger partial charge in [-0.1, -0.05) is 55.0 Å². The van der Waals surface area contributed by atoms with Crippen LogP contribution in [0.5, 0.6) is 0 Å². The van der Waals surface area contributed by atoms with Crippen molar-refractivity contribution in [3.8, 4) is 0 Å². The van der Waals surface area contributed by atoms with Gasteiger partial charge in [0.2, 0.25) is 21.8 Å². The van der Waals surface area contributed by atoms with E-state index < -0.39 is 21.6 Å². The van der Waals surface area contributed by atoms with Crippen molar-refractivity contribution in [2.24, 2.45) is 0 Å². The standard InChI is InChI=1S/C27H39N3O4S/c1-7-24(26(32)28-27(3,4)5)30(20-22-17-15-21(2)16-18-22)25(31)14-11-19-29(6)35(33,34)23-12-9-8-10-13-23/h8-10,12-13,15-18,24H,7,11,14,19-20H2,1-6H3,(H,28,32)/t24-/m1/s1. The first-order valence-electron chi connectivity index (χ1n) is 12.0. The number of benzene rings is 2. The second-order valence-electron chi connectivity index (χ2n) is 9.91. The van der Waals surface area contributed by atoms with Gasteiger partial charge in [-0.3, -0.25) is 9.59 Å². The van der Waals surface area contributed by atoms with Crippen LogP contribution in [0, 0.1) is 6.92 Å². The number of sulfonamides is 1. The van der Waals surface area contributed by atoms with E-state index in [9.17, 15) is 18.0 Å². The minimum atomic E-state index is -3.62. The zero-order valence-electron chi connectivity index (χ0n) is 21.7. The molecular weight excluding hydrogens is 462 g/mol. The molecule has 2 amide bonds. The highest BCUT2D eigenvalue weighted by molar-refractivity contribution is 7.89. The molecule has 0 aromatic heterocycles. The molecule has 0 aliphatic heterocycles. The molecule has 2 aromatic carbocycles. The number of rotatable bonds is 11. The molecule has 0 aliphatic rings. The zero-order valence-corrected chi connectivity index (χ0v) is 22.6. The quantitative estimate of drug-likeness (QED) is 0.502. The summed E-state index contributed by atoms with van der Waals surface area (Å²) in [4.78, 5) is 28.3. The third-order valence-corrected chi connectivity index (χ3v) is 7.54. The maximum atomic E-state index is 13.4. The number of carbonyl (C=O) groups excluding carboxylic acids is 2. The Balaban J connectivity index is 2.15. The molecule has 1 atom stereocenters. The van der Waals surface area contributed by atoms with Crippen molar-refractivity contribution in [3.63, 3.8) is 0 Å². The highest BCUT2D eigenvalue weighted by atomic mass is 32.2. The molecule has 2 rings (SSSR count). The van der Waals surface area contributed by atoms with Gasteiger partial charge in [0.1, 0.15) is 6.04 Å². The van der Waals surface area contributed by atoms with Gasteiger partial charge >= 0.3 is 0 Å². The molecule has 0 saturated heterocycles. The van der Waals surface area contributed by atoms with Crippen LogP contribution in [0.25, 0.3) is 0 Å². The first-order chi connectivity index (χ1) is 16.3.